The molecular formula is C17H20N3O4+. The number of nitrogens with one attached hydrogen (secondary N) is 1. The van der Waals surface area contributed by atoms with Crippen LogP contribution in [-0.4, -0.2) is 29.8 Å². The van der Waals surface area contributed by atoms with Crippen LogP contribution in [0.3, 0.4) is 0 Å². The third kappa shape index (κ3) is 3.05. The van der Waals surface area contributed by atoms with Crippen molar-refractivity contribution in [2.45, 2.75) is 26.8 Å². The van der Waals surface area contributed by atoms with E-state index in [1.807, 2.05) is 0 Å². The van der Waals surface area contributed by atoms with Crippen LogP contribution in [0.1, 0.15) is 55.4 Å². The molecule has 0 unspecified atom stereocenters. The normalized spacial score (nSPS) is 11.8. The van der Waals surface area contributed by atoms with E-state index >= 15 is 0 Å². The standard InChI is InChI=1S/C17H19N3O4/c1-9-13(17(23)24-4)10(2)19-14(9)15(21)11(3)20-7-5-6-12(8-20)16(18)22/h5-8,11H,1-4H3,(H2-,18,19,21,22,23)/p+1/t11-/m1/s1. The van der Waals surface area contributed by atoms with E-state index in [1.165, 1.54) is 13.3 Å². The number of nitrogens with two attached hydrogens (primary N) is 1. The fourth-order valence-electron chi connectivity index (χ4n) is 2.63. The van der Waals surface area contributed by atoms with Gasteiger partial charge in [0.2, 0.25) is 11.8 Å². The molecule has 0 saturated heterocycles. The molecule has 7 nitrogen and oxygen atoms in total. The number of Topliss-reactive ketones (excluding diaryl/α,β-unsaturated/α-hetero) is 1. The smallest absolute Gasteiger partial charge is 0.339 e. The molecule has 3 N–H and O–H groups in total. The Bertz CT molecular complexity index is 823. The van der Waals surface area contributed by atoms with Gasteiger partial charge in [0.25, 0.3) is 5.91 Å². The van der Waals surface area contributed by atoms with E-state index in [1.54, 1.807) is 43.7 Å². The molecule has 0 radical (unpaired) electrons. The average molecular weight is 330 g/mol. The van der Waals surface area contributed by atoms with Crippen molar-refractivity contribution in [3.63, 3.8) is 0 Å². The molecule has 0 aliphatic rings. The Labute approximate surface area is 139 Å². The summed E-state index contributed by atoms with van der Waals surface area (Å²) in [7, 11) is 1.30. The lowest BCUT2D eigenvalue weighted by atomic mass is 10.0. The first kappa shape index (κ1) is 17.4. The molecule has 0 aliphatic heterocycles. The summed E-state index contributed by atoms with van der Waals surface area (Å²) in [6, 6.07) is 2.65. The number of carbonyl (C=O) groups excluding carboxylic acids is 3. The minimum Gasteiger partial charge on any atom is -0.465 e. The summed E-state index contributed by atoms with van der Waals surface area (Å²) in [5.74, 6) is -1.27. The second-order valence-electron chi connectivity index (χ2n) is 5.56. The number of esters is 1. The second kappa shape index (κ2) is 6.66. The molecule has 0 spiro atoms. The molecule has 0 fully saturated rings. The van der Waals surface area contributed by atoms with Gasteiger partial charge in [-0.15, -0.1) is 0 Å². The summed E-state index contributed by atoms with van der Waals surface area (Å²) in [6.45, 7) is 5.11. The number of primary amides is 1. The molecule has 7 heteroatoms. The monoisotopic (exact) mass is 330 g/mol. The Hall–Kier alpha value is -2.96. The zero-order valence-corrected chi connectivity index (χ0v) is 14.0. The van der Waals surface area contributed by atoms with Gasteiger partial charge in [-0.2, -0.15) is 4.57 Å². The van der Waals surface area contributed by atoms with Gasteiger partial charge in [-0.3, -0.25) is 9.59 Å². The van der Waals surface area contributed by atoms with Gasteiger partial charge in [0, 0.05) is 18.7 Å². The number of carbonyl (C=O) groups is 3. The SMILES string of the molecule is COC(=O)c1c(C)[nH]c(C(=O)[C@@H](C)[n+]2cccc(C(N)=O)c2)c1C. The molecule has 0 bridgehead atoms. The summed E-state index contributed by atoms with van der Waals surface area (Å²) < 4.78 is 6.36. The lowest BCUT2D eigenvalue weighted by molar-refractivity contribution is -0.704. The van der Waals surface area contributed by atoms with E-state index in [9.17, 15) is 14.4 Å². The number of nitrogens with zero attached hydrogens (tertiary/aromatic N) is 1. The maximum Gasteiger partial charge on any atom is 0.339 e. The third-order valence-corrected chi connectivity index (χ3v) is 4.01. The number of hydrogen-bond donors (Lipinski definition) is 2. The van der Waals surface area contributed by atoms with Crippen molar-refractivity contribution in [2.24, 2.45) is 5.73 Å². The van der Waals surface area contributed by atoms with Crippen molar-refractivity contribution in [1.29, 1.82) is 0 Å². The zero-order valence-electron chi connectivity index (χ0n) is 14.0. The molecule has 2 aromatic heterocycles. The highest BCUT2D eigenvalue weighted by molar-refractivity contribution is 6.02. The fraction of sp³-hybridized carbons (Fsp3) is 0.294. The minimum atomic E-state index is -0.577. The van der Waals surface area contributed by atoms with Crippen molar-refractivity contribution in [1.82, 2.24) is 4.98 Å². The lowest BCUT2D eigenvalue weighted by Gasteiger charge is -2.07. The van der Waals surface area contributed by atoms with E-state index in [0.29, 0.717) is 28.1 Å². The molecular weight excluding hydrogens is 310 g/mol. The fourth-order valence-corrected chi connectivity index (χ4v) is 2.63. The van der Waals surface area contributed by atoms with E-state index in [0.717, 1.165) is 0 Å². The van der Waals surface area contributed by atoms with Gasteiger partial charge in [-0.1, -0.05) is 0 Å². The van der Waals surface area contributed by atoms with Crippen LogP contribution in [0.15, 0.2) is 24.5 Å². The van der Waals surface area contributed by atoms with Gasteiger partial charge in [0.1, 0.15) is 5.56 Å². The number of ketones is 1. The third-order valence-electron chi connectivity index (χ3n) is 4.01. The average Bonchev–Trinajstić information content (AvgIpc) is 2.87. The van der Waals surface area contributed by atoms with E-state index in [2.05, 4.69) is 4.98 Å². The van der Waals surface area contributed by atoms with Crippen LogP contribution in [0.2, 0.25) is 0 Å². The molecule has 126 valence electrons. The van der Waals surface area contributed by atoms with Crippen molar-refractivity contribution >= 4 is 17.7 Å². The number of aromatic amines is 1. The number of methoxy groups -OCH3 is 1. The molecule has 24 heavy (non-hydrogen) atoms. The largest absolute Gasteiger partial charge is 0.465 e. The van der Waals surface area contributed by atoms with Crippen molar-refractivity contribution in [3.05, 3.63) is 52.6 Å². The Balaban J connectivity index is 2.40. The van der Waals surface area contributed by atoms with E-state index in [4.69, 9.17) is 10.5 Å². The van der Waals surface area contributed by atoms with Crippen LogP contribution in [0.5, 0.6) is 0 Å². The maximum atomic E-state index is 12.8. The van der Waals surface area contributed by atoms with Crippen LogP contribution in [0.25, 0.3) is 0 Å². The Kier molecular flexibility index (Phi) is 4.82. The number of pyridine rings is 1. The topological polar surface area (TPSA) is 106 Å². The van der Waals surface area contributed by atoms with Gasteiger partial charge in [0.05, 0.1) is 18.4 Å². The van der Waals surface area contributed by atoms with Gasteiger partial charge in [0.15, 0.2) is 12.4 Å². The summed E-state index contributed by atoms with van der Waals surface area (Å²) in [4.78, 5) is 38.9. The number of aryl methyl sites for hydroxylation is 1. The zero-order chi connectivity index (χ0) is 18.0. The van der Waals surface area contributed by atoms with Crippen molar-refractivity contribution in [3.8, 4) is 0 Å². The summed E-state index contributed by atoms with van der Waals surface area (Å²) in [5, 5.41) is 0. The number of rotatable bonds is 5. The summed E-state index contributed by atoms with van der Waals surface area (Å²) >= 11 is 0. The first-order chi connectivity index (χ1) is 11.3. The van der Waals surface area contributed by atoms with Gasteiger partial charge < -0.3 is 15.5 Å². The molecule has 0 aliphatic carbocycles. The molecule has 2 aromatic rings. The van der Waals surface area contributed by atoms with Crippen LogP contribution in [0, 0.1) is 13.8 Å². The van der Waals surface area contributed by atoms with E-state index in [-0.39, 0.29) is 5.78 Å². The molecule has 2 rings (SSSR count). The number of ether oxygens (including phenoxy) is 1. The molecule has 0 saturated carbocycles. The highest BCUT2D eigenvalue weighted by Gasteiger charge is 2.30. The van der Waals surface area contributed by atoms with Crippen LogP contribution in [-0.2, 0) is 4.74 Å². The summed E-state index contributed by atoms with van der Waals surface area (Å²) in [5.41, 5.74) is 7.41. The number of H-pyrrole nitrogens is 1. The van der Waals surface area contributed by atoms with Gasteiger partial charge in [-0.05, 0) is 25.5 Å². The van der Waals surface area contributed by atoms with Gasteiger partial charge >= 0.3 is 5.97 Å². The van der Waals surface area contributed by atoms with Crippen molar-refractivity contribution in [2.75, 3.05) is 7.11 Å². The van der Waals surface area contributed by atoms with Gasteiger partial charge in [-0.25, -0.2) is 4.79 Å². The number of hydrogen-bond acceptors (Lipinski definition) is 4. The minimum absolute atomic E-state index is 0.211. The molecule has 0 aromatic carbocycles. The van der Waals surface area contributed by atoms with Crippen LogP contribution < -0.4 is 10.3 Å². The van der Waals surface area contributed by atoms with Crippen LogP contribution >= 0.6 is 0 Å². The Morgan fingerprint density at radius 2 is 1.96 bits per heavy atom. The number of aromatic nitrogens is 2. The predicted octanol–water partition coefficient (Wildman–Crippen LogP) is 1.25. The molecule has 1 amide bonds. The highest BCUT2D eigenvalue weighted by atomic mass is 16.5. The predicted molar refractivity (Wildman–Crippen MR) is 85.8 cm³/mol. The molecule has 2 heterocycles. The first-order valence-electron chi connectivity index (χ1n) is 7.40. The second-order valence-corrected chi connectivity index (χ2v) is 5.56. The Morgan fingerprint density at radius 3 is 2.54 bits per heavy atom. The highest BCUT2D eigenvalue weighted by Crippen LogP contribution is 2.21. The quantitative estimate of drug-likeness (QED) is 0.489. The van der Waals surface area contributed by atoms with Crippen LogP contribution in [0.4, 0.5) is 0 Å². The first-order valence-corrected chi connectivity index (χ1v) is 7.40. The molecule has 1 atom stereocenters. The number of amides is 1. The Morgan fingerprint density at radius 1 is 1.29 bits per heavy atom. The van der Waals surface area contributed by atoms with Crippen molar-refractivity contribution < 1.29 is 23.7 Å². The maximum absolute atomic E-state index is 12.8. The summed E-state index contributed by atoms with van der Waals surface area (Å²) in [6.07, 6.45) is 3.21. The lowest BCUT2D eigenvalue weighted by Crippen LogP contribution is -2.43. The van der Waals surface area contributed by atoms with E-state index < -0.39 is 17.9 Å².